The van der Waals surface area contributed by atoms with Gasteiger partial charge in [0.05, 0.1) is 19.3 Å². The Balaban J connectivity index is 1.33. The minimum atomic E-state index is 0.0249. The normalized spacial score (nSPS) is 18.7. The minimum absolute atomic E-state index is 0.0249. The number of benzene rings is 1. The molecule has 1 fully saturated rings. The molecular formula is C31H38N4O4. The Morgan fingerprint density at radius 1 is 1.00 bits per heavy atom. The molecule has 8 nitrogen and oxygen atoms in total. The molecular weight excluding hydrogens is 492 g/mol. The topological polar surface area (TPSA) is 77.0 Å². The van der Waals surface area contributed by atoms with Crippen molar-refractivity contribution in [3.63, 3.8) is 0 Å². The second kappa shape index (κ2) is 12.0. The van der Waals surface area contributed by atoms with Crippen LogP contribution in [0, 0.1) is 5.41 Å². The van der Waals surface area contributed by atoms with Crippen LogP contribution < -0.4 is 14.2 Å². The summed E-state index contributed by atoms with van der Waals surface area (Å²) in [6.45, 7) is 8.27. The van der Waals surface area contributed by atoms with E-state index in [1.54, 1.807) is 31.6 Å². The Morgan fingerprint density at radius 3 is 2.54 bits per heavy atom. The van der Waals surface area contributed by atoms with Crippen molar-refractivity contribution in [2.75, 3.05) is 33.4 Å². The quantitative estimate of drug-likeness (QED) is 0.437. The van der Waals surface area contributed by atoms with Crippen LogP contribution in [-0.4, -0.2) is 65.1 Å². The summed E-state index contributed by atoms with van der Waals surface area (Å²) < 4.78 is 17.7. The largest absolute Gasteiger partial charge is 0.489 e. The van der Waals surface area contributed by atoms with Crippen LogP contribution in [0.25, 0.3) is 0 Å². The van der Waals surface area contributed by atoms with Gasteiger partial charge in [-0.25, -0.2) is 9.97 Å². The summed E-state index contributed by atoms with van der Waals surface area (Å²) in [7, 11) is 1.57. The van der Waals surface area contributed by atoms with Crippen LogP contribution in [-0.2, 0) is 6.54 Å². The first-order chi connectivity index (χ1) is 18.9. The number of hydrogen-bond donors (Lipinski definition) is 0. The number of methoxy groups -OCH3 is 1. The van der Waals surface area contributed by atoms with Crippen molar-refractivity contribution in [1.29, 1.82) is 0 Å². The SMILES string of the molecule is COc1ccc(C(=O)N2CCC(N3CCCC(C)(C)COc4ccccc4Oc4ncccc4C3)CC2)cn1. The van der Waals surface area contributed by atoms with Gasteiger partial charge in [0, 0.05) is 49.7 Å². The summed E-state index contributed by atoms with van der Waals surface area (Å²) in [5, 5.41) is 0. The maximum absolute atomic E-state index is 13.1. The summed E-state index contributed by atoms with van der Waals surface area (Å²) in [4.78, 5) is 26.4. The number of fused-ring (bicyclic) bond motifs is 2. The second-order valence-corrected chi connectivity index (χ2v) is 11.2. The van der Waals surface area contributed by atoms with E-state index >= 15 is 0 Å². The lowest BCUT2D eigenvalue weighted by Gasteiger charge is -2.39. The molecule has 0 spiro atoms. The van der Waals surface area contributed by atoms with Gasteiger partial charge in [-0.1, -0.05) is 32.0 Å². The van der Waals surface area contributed by atoms with Gasteiger partial charge in [0.2, 0.25) is 11.8 Å². The molecule has 8 heteroatoms. The number of carbonyl (C=O) groups excluding carboxylic acids is 1. The fourth-order valence-electron chi connectivity index (χ4n) is 5.35. The Bertz CT molecular complexity index is 1260. The number of hydrogen-bond acceptors (Lipinski definition) is 7. The molecule has 1 aromatic carbocycles. The van der Waals surface area contributed by atoms with Crippen LogP contribution >= 0.6 is 0 Å². The Morgan fingerprint density at radius 2 is 1.79 bits per heavy atom. The van der Waals surface area contributed by atoms with Gasteiger partial charge in [-0.2, -0.15) is 0 Å². The fraction of sp³-hybridized carbons (Fsp3) is 0.452. The maximum atomic E-state index is 13.1. The summed E-state index contributed by atoms with van der Waals surface area (Å²) in [5.74, 6) is 2.56. The van der Waals surface area contributed by atoms with Crippen LogP contribution in [0.2, 0.25) is 0 Å². The van der Waals surface area contributed by atoms with E-state index in [4.69, 9.17) is 14.2 Å². The molecule has 0 saturated carbocycles. The highest BCUT2D eigenvalue weighted by molar-refractivity contribution is 5.94. The lowest BCUT2D eigenvalue weighted by Crippen LogP contribution is -2.47. The first kappa shape index (κ1) is 26.9. The Kier molecular flexibility index (Phi) is 8.31. The van der Waals surface area contributed by atoms with Crippen molar-refractivity contribution in [1.82, 2.24) is 19.8 Å². The van der Waals surface area contributed by atoms with E-state index in [1.807, 2.05) is 35.2 Å². The zero-order chi connectivity index (χ0) is 27.2. The van der Waals surface area contributed by atoms with E-state index in [0.717, 1.165) is 63.2 Å². The highest BCUT2D eigenvalue weighted by Crippen LogP contribution is 2.35. The highest BCUT2D eigenvalue weighted by Gasteiger charge is 2.29. The average Bonchev–Trinajstić information content (AvgIpc) is 2.97. The number of carbonyl (C=O) groups is 1. The Hall–Kier alpha value is -3.65. The van der Waals surface area contributed by atoms with Crippen LogP contribution in [0.5, 0.6) is 23.3 Å². The molecule has 206 valence electrons. The molecule has 0 aliphatic carbocycles. The highest BCUT2D eigenvalue weighted by atomic mass is 16.5. The van der Waals surface area contributed by atoms with Crippen molar-refractivity contribution in [3.05, 3.63) is 72.1 Å². The van der Waals surface area contributed by atoms with Crippen molar-refractivity contribution >= 4 is 5.91 Å². The first-order valence-corrected chi connectivity index (χ1v) is 13.8. The molecule has 39 heavy (non-hydrogen) atoms. The maximum Gasteiger partial charge on any atom is 0.255 e. The molecule has 2 aromatic heterocycles. The number of piperidine rings is 1. The fourth-order valence-corrected chi connectivity index (χ4v) is 5.35. The van der Waals surface area contributed by atoms with E-state index in [0.29, 0.717) is 35.7 Å². The van der Waals surface area contributed by atoms with E-state index in [9.17, 15) is 4.79 Å². The zero-order valence-electron chi connectivity index (χ0n) is 23.1. The lowest BCUT2D eigenvalue weighted by atomic mass is 9.88. The number of aromatic nitrogens is 2. The number of rotatable bonds is 3. The van der Waals surface area contributed by atoms with Crippen LogP contribution in [0.3, 0.4) is 0 Å². The molecule has 0 N–H and O–H groups in total. The smallest absolute Gasteiger partial charge is 0.255 e. The van der Waals surface area contributed by atoms with Gasteiger partial charge in [-0.15, -0.1) is 0 Å². The molecule has 1 saturated heterocycles. The molecule has 3 aromatic rings. The van der Waals surface area contributed by atoms with E-state index in [2.05, 4.69) is 34.8 Å². The van der Waals surface area contributed by atoms with E-state index < -0.39 is 0 Å². The van der Waals surface area contributed by atoms with Gasteiger partial charge in [0.25, 0.3) is 5.91 Å². The number of nitrogens with zero attached hydrogens (tertiary/aromatic N) is 4. The van der Waals surface area contributed by atoms with Gasteiger partial charge in [0.1, 0.15) is 0 Å². The molecule has 1 amide bonds. The molecule has 5 rings (SSSR count). The third kappa shape index (κ3) is 6.68. The summed E-state index contributed by atoms with van der Waals surface area (Å²) in [6.07, 6.45) is 7.31. The van der Waals surface area contributed by atoms with Crippen molar-refractivity contribution in [3.8, 4) is 23.3 Å². The summed E-state index contributed by atoms with van der Waals surface area (Å²) in [6, 6.07) is 15.8. The molecule has 0 unspecified atom stereocenters. The van der Waals surface area contributed by atoms with Gasteiger partial charge < -0.3 is 19.1 Å². The predicted molar refractivity (Wildman–Crippen MR) is 149 cm³/mol. The monoisotopic (exact) mass is 530 g/mol. The molecule has 2 aliphatic heterocycles. The third-order valence-electron chi connectivity index (χ3n) is 7.66. The number of ether oxygens (including phenoxy) is 3. The van der Waals surface area contributed by atoms with Crippen LogP contribution in [0.1, 0.15) is 55.5 Å². The molecule has 2 aliphatic rings. The molecule has 0 atom stereocenters. The summed E-state index contributed by atoms with van der Waals surface area (Å²) in [5.41, 5.74) is 1.67. The van der Waals surface area contributed by atoms with Crippen molar-refractivity contribution < 1.29 is 19.0 Å². The molecule has 0 bridgehead atoms. The van der Waals surface area contributed by atoms with Crippen molar-refractivity contribution in [2.24, 2.45) is 5.41 Å². The van der Waals surface area contributed by atoms with Crippen LogP contribution in [0.4, 0.5) is 0 Å². The zero-order valence-corrected chi connectivity index (χ0v) is 23.1. The van der Waals surface area contributed by atoms with Gasteiger partial charge in [0.15, 0.2) is 11.5 Å². The first-order valence-electron chi connectivity index (χ1n) is 13.8. The van der Waals surface area contributed by atoms with E-state index in [-0.39, 0.29) is 11.3 Å². The number of amides is 1. The van der Waals surface area contributed by atoms with Gasteiger partial charge in [-0.3, -0.25) is 9.69 Å². The Labute approximate surface area is 230 Å². The standard InChI is InChI=1S/C31H38N4O4/c1-31(2)15-7-17-35(25-13-18-34(19-14-25)30(36)23-11-12-28(37-3)33-20-23)21-24-8-6-16-32-29(24)39-27-10-5-4-9-26(27)38-22-31/h4-6,8-12,16,20,25H,7,13-15,17-19,21-22H2,1-3H3. The minimum Gasteiger partial charge on any atom is -0.489 e. The van der Waals surface area contributed by atoms with Crippen LogP contribution in [0.15, 0.2) is 60.9 Å². The van der Waals surface area contributed by atoms with E-state index in [1.165, 1.54) is 0 Å². The summed E-state index contributed by atoms with van der Waals surface area (Å²) >= 11 is 0. The molecule has 0 radical (unpaired) electrons. The average molecular weight is 531 g/mol. The van der Waals surface area contributed by atoms with Gasteiger partial charge >= 0.3 is 0 Å². The predicted octanol–water partition coefficient (Wildman–Crippen LogP) is 5.58. The second-order valence-electron chi connectivity index (χ2n) is 11.2. The van der Waals surface area contributed by atoms with Gasteiger partial charge in [-0.05, 0) is 61.9 Å². The van der Waals surface area contributed by atoms with Crippen molar-refractivity contribution in [2.45, 2.75) is 52.1 Å². The number of para-hydroxylation sites is 2. The lowest BCUT2D eigenvalue weighted by molar-refractivity contribution is 0.0594. The number of pyridine rings is 2. The molecule has 4 heterocycles. The number of likely N-dealkylation sites (tertiary alicyclic amines) is 1. The third-order valence-corrected chi connectivity index (χ3v) is 7.66.